The van der Waals surface area contributed by atoms with Crippen LogP contribution in [0.25, 0.3) is 0 Å². The highest BCUT2D eigenvalue weighted by atomic mass is 127. The Morgan fingerprint density at radius 1 is 1.48 bits per heavy atom. The topological polar surface area (TPSA) is 32.3 Å². The molecule has 1 unspecified atom stereocenters. The first-order valence-electron chi connectivity index (χ1n) is 7.55. The van der Waals surface area contributed by atoms with Gasteiger partial charge in [0.1, 0.15) is 0 Å². The third-order valence-electron chi connectivity index (χ3n) is 4.02. The minimum atomic E-state index is 0.0207. The summed E-state index contributed by atoms with van der Waals surface area (Å²) >= 11 is 5.62. The fourth-order valence-corrected chi connectivity index (χ4v) is 3.68. The van der Waals surface area contributed by atoms with Crippen LogP contribution in [0.3, 0.4) is 0 Å². The van der Waals surface area contributed by atoms with E-state index in [1.54, 1.807) is 0 Å². The summed E-state index contributed by atoms with van der Waals surface area (Å²) in [6.07, 6.45) is 4.99. The number of piperidine rings is 1. The number of nitrogens with one attached hydrogen (secondary N) is 1. The van der Waals surface area contributed by atoms with Gasteiger partial charge in [-0.05, 0) is 73.5 Å². The molecule has 1 fully saturated rings. The molecule has 0 radical (unpaired) electrons. The summed E-state index contributed by atoms with van der Waals surface area (Å²) in [6.45, 7) is 5.34. The van der Waals surface area contributed by atoms with Crippen molar-refractivity contribution in [1.82, 2.24) is 10.2 Å². The van der Waals surface area contributed by atoms with Crippen LogP contribution in [-0.2, 0) is 0 Å². The summed E-state index contributed by atoms with van der Waals surface area (Å²) in [5, 5.41) is 3.03. The Balaban J connectivity index is 1.75. The molecule has 116 valence electrons. The molecular weight excluding hydrogens is 443 g/mol. The van der Waals surface area contributed by atoms with Gasteiger partial charge in [0.25, 0.3) is 5.91 Å². The second kappa shape index (κ2) is 8.48. The van der Waals surface area contributed by atoms with E-state index in [1.807, 2.05) is 18.2 Å². The first-order valence-corrected chi connectivity index (χ1v) is 9.42. The fraction of sp³-hybridized carbons (Fsp3) is 0.562. The molecule has 1 amide bonds. The number of hydrogen-bond donors (Lipinski definition) is 1. The van der Waals surface area contributed by atoms with Crippen LogP contribution in [0.5, 0.6) is 0 Å². The average molecular weight is 465 g/mol. The van der Waals surface area contributed by atoms with Gasteiger partial charge < -0.3 is 10.2 Å². The zero-order valence-corrected chi connectivity index (χ0v) is 16.1. The molecule has 0 spiro atoms. The lowest BCUT2D eigenvalue weighted by Crippen LogP contribution is -2.39. The standard InChI is InChI=1S/C16H22BrIN2O/c1-12-5-2-3-9-20(12)10-4-8-19-16(21)14-11-13(17)6-7-15(14)18/h6-7,11-12H,2-5,8-10H2,1H3,(H,19,21). The Labute approximate surface area is 149 Å². The summed E-state index contributed by atoms with van der Waals surface area (Å²) in [4.78, 5) is 14.7. The number of hydrogen-bond acceptors (Lipinski definition) is 2. The lowest BCUT2D eigenvalue weighted by Gasteiger charge is -2.33. The molecule has 0 saturated carbocycles. The molecule has 1 aromatic rings. The van der Waals surface area contributed by atoms with Crippen molar-refractivity contribution >= 4 is 44.4 Å². The molecule has 2 rings (SSSR count). The largest absolute Gasteiger partial charge is 0.352 e. The number of amides is 1. The van der Waals surface area contributed by atoms with Gasteiger partial charge in [-0.15, -0.1) is 0 Å². The summed E-state index contributed by atoms with van der Waals surface area (Å²) in [5.41, 5.74) is 0.747. The lowest BCUT2D eigenvalue weighted by atomic mass is 10.0. The predicted molar refractivity (Wildman–Crippen MR) is 98.7 cm³/mol. The molecule has 1 atom stereocenters. The zero-order valence-electron chi connectivity index (χ0n) is 12.4. The minimum absolute atomic E-state index is 0.0207. The summed E-state index contributed by atoms with van der Waals surface area (Å²) in [6, 6.07) is 6.48. The molecule has 1 heterocycles. The van der Waals surface area contributed by atoms with Crippen molar-refractivity contribution in [1.29, 1.82) is 0 Å². The second-order valence-corrected chi connectivity index (χ2v) is 7.69. The molecule has 1 saturated heterocycles. The van der Waals surface area contributed by atoms with Crippen LogP contribution in [0.15, 0.2) is 22.7 Å². The molecule has 1 N–H and O–H groups in total. The van der Waals surface area contributed by atoms with Crippen LogP contribution >= 0.6 is 38.5 Å². The van der Waals surface area contributed by atoms with E-state index >= 15 is 0 Å². The average Bonchev–Trinajstić information content (AvgIpc) is 2.47. The van der Waals surface area contributed by atoms with Gasteiger partial charge in [0.2, 0.25) is 0 Å². The van der Waals surface area contributed by atoms with Gasteiger partial charge in [0.05, 0.1) is 5.56 Å². The van der Waals surface area contributed by atoms with Gasteiger partial charge in [-0.2, -0.15) is 0 Å². The SMILES string of the molecule is CC1CCCCN1CCCNC(=O)c1cc(Br)ccc1I. The Hall–Kier alpha value is -0.140. The molecular formula is C16H22BrIN2O. The lowest BCUT2D eigenvalue weighted by molar-refractivity contribution is 0.0948. The third kappa shape index (κ3) is 5.21. The molecule has 0 aliphatic carbocycles. The summed E-state index contributed by atoms with van der Waals surface area (Å²) in [5.74, 6) is 0.0207. The van der Waals surface area contributed by atoms with Crippen molar-refractivity contribution in [2.75, 3.05) is 19.6 Å². The number of halogens is 2. The van der Waals surface area contributed by atoms with E-state index in [0.717, 1.165) is 33.1 Å². The normalized spacial score (nSPS) is 19.5. The van der Waals surface area contributed by atoms with Crippen molar-refractivity contribution in [3.63, 3.8) is 0 Å². The van der Waals surface area contributed by atoms with Gasteiger partial charge >= 0.3 is 0 Å². The van der Waals surface area contributed by atoms with Crippen LogP contribution in [0, 0.1) is 3.57 Å². The highest BCUT2D eigenvalue weighted by Crippen LogP contribution is 2.18. The Kier molecular flexibility index (Phi) is 6.95. The number of carbonyl (C=O) groups excluding carboxylic acids is 1. The molecule has 5 heteroatoms. The van der Waals surface area contributed by atoms with Crippen LogP contribution in [0.1, 0.15) is 43.0 Å². The molecule has 1 aliphatic rings. The second-order valence-electron chi connectivity index (χ2n) is 5.61. The number of likely N-dealkylation sites (tertiary alicyclic amines) is 1. The Morgan fingerprint density at radius 2 is 2.29 bits per heavy atom. The van der Waals surface area contributed by atoms with Crippen molar-refractivity contribution < 1.29 is 4.79 Å². The van der Waals surface area contributed by atoms with Crippen molar-refractivity contribution in [2.24, 2.45) is 0 Å². The van der Waals surface area contributed by atoms with Crippen molar-refractivity contribution in [2.45, 2.75) is 38.6 Å². The van der Waals surface area contributed by atoms with E-state index in [1.165, 1.54) is 25.8 Å². The first-order chi connectivity index (χ1) is 10.1. The number of benzene rings is 1. The highest BCUT2D eigenvalue weighted by Gasteiger charge is 2.17. The number of rotatable bonds is 5. The van der Waals surface area contributed by atoms with Crippen LogP contribution < -0.4 is 5.32 Å². The Bertz CT molecular complexity index is 495. The predicted octanol–water partition coefficient (Wildman–Crippen LogP) is 4.05. The van der Waals surface area contributed by atoms with E-state index in [-0.39, 0.29) is 5.91 Å². The van der Waals surface area contributed by atoms with E-state index in [0.29, 0.717) is 6.04 Å². The van der Waals surface area contributed by atoms with Gasteiger partial charge in [-0.1, -0.05) is 22.4 Å². The molecule has 0 bridgehead atoms. The fourth-order valence-electron chi connectivity index (χ4n) is 2.74. The molecule has 21 heavy (non-hydrogen) atoms. The maximum Gasteiger partial charge on any atom is 0.252 e. The van der Waals surface area contributed by atoms with E-state index < -0.39 is 0 Å². The van der Waals surface area contributed by atoms with Gasteiger partial charge in [-0.3, -0.25) is 4.79 Å². The monoisotopic (exact) mass is 464 g/mol. The van der Waals surface area contributed by atoms with Crippen LogP contribution in [0.4, 0.5) is 0 Å². The minimum Gasteiger partial charge on any atom is -0.352 e. The molecule has 3 nitrogen and oxygen atoms in total. The van der Waals surface area contributed by atoms with E-state index in [4.69, 9.17) is 0 Å². The maximum absolute atomic E-state index is 12.2. The maximum atomic E-state index is 12.2. The van der Waals surface area contributed by atoms with Crippen molar-refractivity contribution in [3.8, 4) is 0 Å². The summed E-state index contributed by atoms with van der Waals surface area (Å²) in [7, 11) is 0. The highest BCUT2D eigenvalue weighted by molar-refractivity contribution is 14.1. The summed E-state index contributed by atoms with van der Waals surface area (Å²) < 4.78 is 1.92. The van der Waals surface area contributed by atoms with Crippen molar-refractivity contribution in [3.05, 3.63) is 31.8 Å². The van der Waals surface area contributed by atoms with Crippen LogP contribution in [-0.4, -0.2) is 36.5 Å². The number of carbonyl (C=O) groups is 1. The smallest absolute Gasteiger partial charge is 0.252 e. The molecule has 0 aromatic heterocycles. The zero-order chi connectivity index (χ0) is 15.2. The molecule has 1 aliphatic heterocycles. The van der Waals surface area contributed by atoms with E-state index in [9.17, 15) is 4.79 Å². The van der Waals surface area contributed by atoms with Gasteiger partial charge in [-0.25, -0.2) is 0 Å². The number of nitrogens with zero attached hydrogens (tertiary/aromatic N) is 1. The quantitative estimate of drug-likeness (QED) is 0.526. The molecule has 1 aromatic carbocycles. The Morgan fingerprint density at radius 3 is 3.05 bits per heavy atom. The van der Waals surface area contributed by atoms with Gasteiger partial charge in [0.15, 0.2) is 0 Å². The van der Waals surface area contributed by atoms with Gasteiger partial charge in [0, 0.05) is 27.2 Å². The van der Waals surface area contributed by atoms with Crippen LogP contribution in [0.2, 0.25) is 0 Å². The first kappa shape index (κ1) is 17.2. The third-order valence-corrected chi connectivity index (χ3v) is 5.46. The van der Waals surface area contributed by atoms with E-state index in [2.05, 4.69) is 55.7 Å².